The normalized spacial score (nSPS) is 16.1. The summed E-state index contributed by atoms with van der Waals surface area (Å²) < 4.78 is 13.6. The van der Waals surface area contributed by atoms with Crippen molar-refractivity contribution in [1.82, 2.24) is 14.7 Å². The highest BCUT2D eigenvalue weighted by molar-refractivity contribution is 6.59. The largest absolute Gasteiger partial charge is 0.386 e. The van der Waals surface area contributed by atoms with Gasteiger partial charge in [-0.1, -0.05) is 52.7 Å². The quantitative estimate of drug-likeness (QED) is 0.316. The van der Waals surface area contributed by atoms with Gasteiger partial charge in [-0.2, -0.15) is 0 Å². The van der Waals surface area contributed by atoms with E-state index in [9.17, 15) is 5.11 Å². The SMILES string of the molecule is [B]C([B])([B])c1onc(C)c1-c1cnc2c3ccc(C(C)(C)O)cc3n([C@H](c3ccccc3)C3CCOCC3)c2c1. The first kappa shape index (κ1) is 26.9. The third kappa shape index (κ3) is 4.69. The number of aliphatic hydroxyl groups is 1. The van der Waals surface area contributed by atoms with E-state index >= 15 is 0 Å². The van der Waals surface area contributed by atoms with Crippen LogP contribution in [0.15, 0.2) is 65.3 Å². The van der Waals surface area contributed by atoms with Gasteiger partial charge in [0.1, 0.15) is 5.76 Å². The summed E-state index contributed by atoms with van der Waals surface area (Å²) in [4.78, 5) is 4.96. The molecular formula is C31H30B3N3O3. The maximum atomic E-state index is 10.9. The zero-order valence-corrected chi connectivity index (χ0v) is 23.1. The van der Waals surface area contributed by atoms with Crippen molar-refractivity contribution < 1.29 is 14.4 Å². The summed E-state index contributed by atoms with van der Waals surface area (Å²) in [6.45, 7) is 6.88. The molecule has 0 amide bonds. The highest BCUT2D eigenvalue weighted by atomic mass is 16.5. The Labute approximate surface area is 238 Å². The van der Waals surface area contributed by atoms with Crippen molar-refractivity contribution in [3.63, 3.8) is 0 Å². The Hall–Kier alpha value is -3.29. The summed E-state index contributed by atoms with van der Waals surface area (Å²) in [6.07, 6.45) is 3.66. The molecule has 0 spiro atoms. The van der Waals surface area contributed by atoms with Gasteiger partial charge in [-0.3, -0.25) is 4.98 Å². The first-order valence-corrected chi connectivity index (χ1v) is 13.7. The van der Waals surface area contributed by atoms with Crippen LogP contribution in [0.3, 0.4) is 0 Å². The molecule has 1 fully saturated rings. The first-order valence-electron chi connectivity index (χ1n) is 13.7. The highest BCUT2D eigenvalue weighted by Crippen LogP contribution is 2.42. The smallest absolute Gasteiger partial charge is 0.126 e. The number of aromatic nitrogens is 3. The topological polar surface area (TPSA) is 73.3 Å². The summed E-state index contributed by atoms with van der Waals surface area (Å²) >= 11 is 0. The molecule has 1 N–H and O–H groups in total. The monoisotopic (exact) mass is 525 g/mol. The van der Waals surface area contributed by atoms with Gasteiger partial charge in [-0.05, 0) is 62.8 Å². The maximum absolute atomic E-state index is 10.9. The molecule has 2 aromatic carbocycles. The van der Waals surface area contributed by atoms with Crippen LogP contribution in [-0.4, -0.2) is 56.6 Å². The summed E-state index contributed by atoms with van der Waals surface area (Å²) in [6, 6.07) is 18.8. The number of hydrogen-bond acceptors (Lipinski definition) is 5. The van der Waals surface area contributed by atoms with Gasteiger partial charge >= 0.3 is 0 Å². The zero-order valence-electron chi connectivity index (χ0n) is 23.1. The zero-order chi connectivity index (χ0) is 28.2. The van der Waals surface area contributed by atoms with Crippen molar-refractivity contribution in [2.75, 3.05) is 13.2 Å². The molecule has 6 rings (SSSR count). The van der Waals surface area contributed by atoms with E-state index in [4.69, 9.17) is 37.8 Å². The molecule has 0 unspecified atom stereocenters. The van der Waals surface area contributed by atoms with Crippen molar-refractivity contribution in [2.45, 2.75) is 50.4 Å². The van der Waals surface area contributed by atoms with Crippen molar-refractivity contribution >= 4 is 45.5 Å². The Morgan fingerprint density at radius 1 is 1.00 bits per heavy atom. The number of fused-ring (bicyclic) bond motifs is 3. The van der Waals surface area contributed by atoms with Crippen LogP contribution in [0.4, 0.5) is 0 Å². The minimum atomic E-state index is -1.70. The van der Waals surface area contributed by atoms with Crippen LogP contribution in [0.5, 0.6) is 0 Å². The highest BCUT2D eigenvalue weighted by Gasteiger charge is 2.32. The van der Waals surface area contributed by atoms with E-state index in [1.165, 1.54) is 5.56 Å². The molecule has 6 radical (unpaired) electrons. The van der Waals surface area contributed by atoms with Crippen LogP contribution in [0.25, 0.3) is 33.1 Å². The van der Waals surface area contributed by atoms with Gasteiger partial charge in [0.25, 0.3) is 0 Å². The molecule has 0 saturated carbocycles. The van der Waals surface area contributed by atoms with Gasteiger partial charge in [0, 0.05) is 35.9 Å². The minimum absolute atomic E-state index is 0.0138. The van der Waals surface area contributed by atoms with E-state index in [0.29, 0.717) is 17.2 Å². The summed E-state index contributed by atoms with van der Waals surface area (Å²) in [5.74, 6) is 0.532. The fourth-order valence-corrected chi connectivity index (χ4v) is 6.04. The van der Waals surface area contributed by atoms with Crippen LogP contribution < -0.4 is 0 Å². The molecule has 1 saturated heterocycles. The van der Waals surface area contributed by atoms with E-state index in [1.54, 1.807) is 20.0 Å². The average molecular weight is 525 g/mol. The second kappa shape index (κ2) is 9.97. The van der Waals surface area contributed by atoms with Gasteiger partial charge in [-0.25, -0.2) is 0 Å². The number of ether oxygens (including phenoxy) is 1. The Bertz CT molecular complexity index is 1680. The molecule has 5 aromatic rings. The molecule has 0 aliphatic carbocycles. The Balaban J connectivity index is 1.69. The van der Waals surface area contributed by atoms with E-state index in [2.05, 4.69) is 52.2 Å². The number of rotatable bonds is 6. The molecular weight excluding hydrogens is 495 g/mol. The summed E-state index contributed by atoms with van der Waals surface area (Å²) in [5.41, 5.74) is 5.88. The Morgan fingerprint density at radius 3 is 2.40 bits per heavy atom. The number of pyridine rings is 1. The van der Waals surface area contributed by atoms with Gasteiger partial charge in [0.2, 0.25) is 0 Å². The maximum Gasteiger partial charge on any atom is 0.126 e. The summed E-state index contributed by atoms with van der Waals surface area (Å²) in [7, 11) is 18.2. The van der Waals surface area contributed by atoms with Crippen LogP contribution in [0, 0.1) is 12.8 Å². The predicted molar refractivity (Wildman–Crippen MR) is 160 cm³/mol. The van der Waals surface area contributed by atoms with E-state index in [-0.39, 0.29) is 11.8 Å². The second-order valence-electron chi connectivity index (χ2n) is 11.5. The lowest BCUT2D eigenvalue weighted by molar-refractivity contribution is 0.0552. The third-order valence-electron chi connectivity index (χ3n) is 8.02. The summed E-state index contributed by atoms with van der Waals surface area (Å²) in [5, 5.41) is 14.3. The molecule has 196 valence electrons. The number of aryl methyl sites for hydroxylation is 1. The molecule has 1 aliphatic rings. The van der Waals surface area contributed by atoms with Gasteiger partial charge in [0.15, 0.2) is 0 Å². The van der Waals surface area contributed by atoms with E-state index in [0.717, 1.165) is 59.1 Å². The van der Waals surface area contributed by atoms with Crippen LogP contribution in [0.1, 0.15) is 55.3 Å². The minimum Gasteiger partial charge on any atom is -0.386 e. The molecule has 1 atom stereocenters. The van der Waals surface area contributed by atoms with Crippen molar-refractivity contribution in [3.05, 3.63) is 83.4 Å². The predicted octanol–water partition coefficient (Wildman–Crippen LogP) is 5.01. The molecule has 4 heterocycles. The van der Waals surface area contributed by atoms with Crippen molar-refractivity contribution in [3.8, 4) is 11.1 Å². The third-order valence-corrected chi connectivity index (χ3v) is 8.02. The molecule has 40 heavy (non-hydrogen) atoms. The molecule has 0 bridgehead atoms. The Morgan fingerprint density at radius 2 is 1.73 bits per heavy atom. The number of nitrogens with zero attached hydrogens (tertiary/aromatic N) is 3. The van der Waals surface area contributed by atoms with Crippen LogP contribution in [0.2, 0.25) is 0 Å². The van der Waals surface area contributed by atoms with Gasteiger partial charge in [-0.15, -0.1) is 0 Å². The molecule has 3 aromatic heterocycles. The van der Waals surface area contributed by atoms with Crippen molar-refractivity contribution in [2.24, 2.45) is 5.92 Å². The molecule has 1 aliphatic heterocycles. The van der Waals surface area contributed by atoms with Crippen molar-refractivity contribution in [1.29, 1.82) is 0 Å². The fourth-order valence-electron chi connectivity index (χ4n) is 6.04. The van der Waals surface area contributed by atoms with E-state index < -0.39 is 10.7 Å². The van der Waals surface area contributed by atoms with Crippen LogP contribution >= 0.6 is 0 Å². The average Bonchev–Trinajstić information content (AvgIpc) is 3.47. The lowest BCUT2D eigenvalue weighted by Crippen LogP contribution is -2.27. The Kier molecular flexibility index (Phi) is 6.71. The standard InChI is InChI=1S/C31H30B3N3O3/c1-18-26(29(40-36-18)31(32,33)34)21-15-25-27(35-17-21)23-10-9-22(30(2,3)38)16-24(23)37(25)28(19-7-5-4-6-8-19)20-11-13-39-14-12-20/h4-10,15-17,20,28,38H,11-14H2,1-3H3/t28-/m1/s1. The van der Waals surface area contributed by atoms with Gasteiger partial charge < -0.3 is 18.9 Å². The lowest BCUT2D eigenvalue weighted by Gasteiger charge is -2.33. The molecule has 6 nitrogen and oxygen atoms in total. The second-order valence-corrected chi connectivity index (χ2v) is 11.5. The fraction of sp³-hybridized carbons (Fsp3) is 0.355. The lowest BCUT2D eigenvalue weighted by atomic mass is 9.41. The van der Waals surface area contributed by atoms with Gasteiger partial charge in [0.05, 0.1) is 57.4 Å². The number of hydrogen-bond donors (Lipinski definition) is 1. The van der Waals surface area contributed by atoms with E-state index in [1.807, 2.05) is 19.1 Å². The van der Waals surface area contributed by atoms with Crippen LogP contribution in [-0.2, 0) is 15.5 Å². The number of benzene rings is 2. The first-order chi connectivity index (χ1) is 19.0. The molecule has 9 heteroatoms.